The van der Waals surface area contributed by atoms with Crippen molar-refractivity contribution in [3.8, 4) is 28.4 Å². The fourth-order valence-electron chi connectivity index (χ4n) is 5.15. The van der Waals surface area contributed by atoms with Gasteiger partial charge < -0.3 is 14.4 Å². The van der Waals surface area contributed by atoms with E-state index >= 15 is 0 Å². The van der Waals surface area contributed by atoms with Crippen molar-refractivity contribution in [2.24, 2.45) is 0 Å². The first-order valence-electron chi connectivity index (χ1n) is 13.8. The van der Waals surface area contributed by atoms with Crippen molar-refractivity contribution in [1.29, 1.82) is 0 Å². The van der Waals surface area contributed by atoms with Crippen LogP contribution < -0.4 is 9.47 Å². The quantitative estimate of drug-likeness (QED) is 0.202. The highest BCUT2D eigenvalue weighted by molar-refractivity contribution is 6.32. The van der Waals surface area contributed by atoms with Crippen LogP contribution in [0.5, 0.6) is 11.5 Å². The second-order valence-corrected chi connectivity index (χ2v) is 11.0. The number of carbonyl (C=O) groups excluding carboxylic acids is 1. The Labute approximate surface area is 264 Å². The van der Waals surface area contributed by atoms with Gasteiger partial charge in [-0.15, -0.1) is 23.4 Å². The number of hydrogen-bond donors (Lipinski definition) is 1. The molecule has 3 heterocycles. The number of benzene rings is 3. The summed E-state index contributed by atoms with van der Waals surface area (Å²) >= 11 is 12.8. The van der Waals surface area contributed by atoms with E-state index in [1.807, 2.05) is 24.3 Å². The minimum Gasteiger partial charge on any atom is -0.490 e. The van der Waals surface area contributed by atoms with Crippen LogP contribution in [0.1, 0.15) is 34.7 Å². The molecule has 0 saturated carbocycles. The Bertz CT molecular complexity index is 1770. The maximum atomic E-state index is 14.1. The lowest BCUT2D eigenvalue weighted by molar-refractivity contribution is -0.274. The summed E-state index contributed by atoms with van der Waals surface area (Å²) in [5.41, 5.74) is 2.76. The number of nitrogens with one attached hydrogen (secondary N) is 1. The van der Waals surface area contributed by atoms with E-state index in [4.69, 9.17) is 33.0 Å². The number of alkyl halides is 3. The third kappa shape index (κ3) is 7.04. The number of aromatic nitrogens is 6. The second-order valence-electron chi connectivity index (χ2n) is 10.2. The second kappa shape index (κ2) is 12.8. The molecule has 0 radical (unpaired) electrons. The topological polar surface area (TPSA) is 111 Å². The Morgan fingerprint density at radius 2 is 1.64 bits per heavy atom. The van der Waals surface area contributed by atoms with Crippen LogP contribution in [0.2, 0.25) is 10.0 Å². The first-order chi connectivity index (χ1) is 21.6. The number of rotatable bonds is 8. The fraction of sp³-hybridized carbons (Fsp3) is 0.233. The fourth-order valence-corrected chi connectivity index (χ4v) is 5.49. The maximum absolute atomic E-state index is 14.1. The van der Waals surface area contributed by atoms with E-state index in [0.717, 1.165) is 5.56 Å². The van der Waals surface area contributed by atoms with Crippen molar-refractivity contribution < 1.29 is 27.4 Å². The molecule has 1 N–H and O–H groups in total. The molecular weight excluding hydrogens is 634 g/mol. The first kappa shape index (κ1) is 30.4. The standard InChI is InChI=1S/C30H24Cl2F3N7O3/c31-19-7-5-18(6-8-19)28-23(17-26-36-39-40-37-26)27(38-42(28)25-4-2-1-3-24(25)32)29(43)41-15-13-21(14-16-41)44-20-9-11-22(12-10-20)45-30(33,34)35/h1-12,21H,13-17H2,(H,36,37,39,40). The normalized spacial score (nSPS) is 14.0. The minimum atomic E-state index is -4.77. The van der Waals surface area contributed by atoms with Gasteiger partial charge in [-0.05, 0) is 48.5 Å². The van der Waals surface area contributed by atoms with Crippen LogP contribution in [0.4, 0.5) is 13.2 Å². The van der Waals surface area contributed by atoms with E-state index in [0.29, 0.717) is 64.5 Å². The largest absolute Gasteiger partial charge is 0.573 e. The third-order valence-corrected chi connectivity index (χ3v) is 7.77. The molecule has 15 heteroatoms. The molecular formula is C30H24Cl2F3N7O3. The minimum absolute atomic E-state index is 0.160. The highest BCUT2D eigenvalue weighted by Crippen LogP contribution is 2.35. The molecule has 0 spiro atoms. The zero-order valence-electron chi connectivity index (χ0n) is 23.3. The van der Waals surface area contributed by atoms with Crippen LogP contribution in [0.3, 0.4) is 0 Å². The highest BCUT2D eigenvalue weighted by Gasteiger charge is 2.33. The van der Waals surface area contributed by atoms with Crippen LogP contribution in [-0.2, 0) is 6.42 Å². The van der Waals surface area contributed by atoms with Gasteiger partial charge in [0.2, 0.25) is 0 Å². The van der Waals surface area contributed by atoms with Crippen molar-refractivity contribution in [1.82, 2.24) is 35.3 Å². The van der Waals surface area contributed by atoms with Gasteiger partial charge in [0.25, 0.3) is 5.91 Å². The highest BCUT2D eigenvalue weighted by atomic mass is 35.5. The molecule has 3 aromatic carbocycles. The van der Waals surface area contributed by atoms with Crippen molar-refractivity contribution in [2.45, 2.75) is 31.7 Å². The van der Waals surface area contributed by atoms with E-state index in [9.17, 15) is 18.0 Å². The van der Waals surface area contributed by atoms with Crippen LogP contribution in [0.25, 0.3) is 16.9 Å². The molecule has 6 rings (SSSR count). The number of para-hydroxylation sites is 1. The van der Waals surface area contributed by atoms with Gasteiger partial charge in [0.1, 0.15) is 17.6 Å². The molecule has 10 nitrogen and oxygen atoms in total. The predicted octanol–water partition coefficient (Wildman–Crippen LogP) is 6.53. The van der Waals surface area contributed by atoms with Gasteiger partial charge in [-0.25, -0.2) is 4.68 Å². The van der Waals surface area contributed by atoms with Crippen molar-refractivity contribution in [3.63, 3.8) is 0 Å². The van der Waals surface area contributed by atoms with Crippen molar-refractivity contribution >= 4 is 29.1 Å². The molecule has 45 heavy (non-hydrogen) atoms. The Morgan fingerprint density at radius 1 is 0.956 bits per heavy atom. The number of aromatic amines is 1. The summed E-state index contributed by atoms with van der Waals surface area (Å²) in [5, 5.41) is 20.1. The summed E-state index contributed by atoms with van der Waals surface area (Å²) in [4.78, 5) is 15.8. The van der Waals surface area contributed by atoms with Gasteiger partial charge in [-0.3, -0.25) is 4.79 Å². The average molecular weight is 658 g/mol. The molecule has 5 aromatic rings. The van der Waals surface area contributed by atoms with Gasteiger partial charge in [-0.2, -0.15) is 10.3 Å². The number of likely N-dealkylation sites (tertiary alicyclic amines) is 1. The maximum Gasteiger partial charge on any atom is 0.573 e. The smallest absolute Gasteiger partial charge is 0.490 e. The van der Waals surface area contributed by atoms with E-state index < -0.39 is 6.36 Å². The number of tetrazole rings is 1. The molecule has 232 valence electrons. The Hall–Kier alpha value is -4.62. The number of halogens is 5. The number of hydrogen-bond acceptors (Lipinski definition) is 7. The molecule has 0 unspecified atom stereocenters. The van der Waals surface area contributed by atoms with Gasteiger partial charge in [0, 0.05) is 48.5 Å². The van der Waals surface area contributed by atoms with Crippen LogP contribution in [0.15, 0.2) is 72.8 Å². The van der Waals surface area contributed by atoms with Crippen LogP contribution >= 0.6 is 23.2 Å². The first-order valence-corrected chi connectivity index (χ1v) is 14.6. The SMILES string of the molecule is O=C(c1nn(-c2ccccc2Cl)c(-c2ccc(Cl)cc2)c1Cc1nn[nH]n1)N1CCC(Oc2ccc(OC(F)(F)F)cc2)CC1. The molecule has 2 aromatic heterocycles. The van der Waals surface area contributed by atoms with E-state index in [1.54, 1.807) is 33.8 Å². The van der Waals surface area contributed by atoms with E-state index in [2.05, 4.69) is 25.4 Å². The van der Waals surface area contributed by atoms with Gasteiger partial charge in [0.05, 0.1) is 16.4 Å². The molecule has 1 fully saturated rings. The summed E-state index contributed by atoms with van der Waals surface area (Å²) < 4.78 is 49.0. The number of H-pyrrole nitrogens is 1. The third-order valence-electron chi connectivity index (χ3n) is 7.20. The molecule has 1 aliphatic heterocycles. The summed E-state index contributed by atoms with van der Waals surface area (Å²) in [6.07, 6.45) is -3.85. The molecule has 0 atom stereocenters. The molecule has 0 aliphatic carbocycles. The summed E-state index contributed by atoms with van der Waals surface area (Å²) in [6.45, 7) is 0.741. The Balaban J connectivity index is 1.28. The lowest BCUT2D eigenvalue weighted by atomic mass is 10.0. The van der Waals surface area contributed by atoms with Crippen molar-refractivity contribution in [3.05, 3.63) is 99.9 Å². The lowest BCUT2D eigenvalue weighted by Gasteiger charge is -2.32. The molecule has 1 aliphatic rings. The average Bonchev–Trinajstić information content (AvgIpc) is 3.67. The van der Waals surface area contributed by atoms with E-state index in [1.165, 1.54) is 24.3 Å². The van der Waals surface area contributed by atoms with Gasteiger partial charge in [0.15, 0.2) is 11.5 Å². The Morgan fingerprint density at radius 3 is 2.29 bits per heavy atom. The number of piperidine rings is 1. The van der Waals surface area contributed by atoms with Crippen molar-refractivity contribution in [2.75, 3.05) is 13.1 Å². The number of amides is 1. The number of carbonyl (C=O) groups is 1. The molecule has 1 amide bonds. The van der Waals surface area contributed by atoms with Gasteiger partial charge in [-0.1, -0.05) is 52.7 Å². The van der Waals surface area contributed by atoms with Crippen LogP contribution in [-0.4, -0.2) is 66.8 Å². The Kier molecular flexibility index (Phi) is 8.63. The van der Waals surface area contributed by atoms with Crippen LogP contribution in [0, 0.1) is 0 Å². The summed E-state index contributed by atoms with van der Waals surface area (Å²) in [7, 11) is 0. The monoisotopic (exact) mass is 657 g/mol. The van der Waals surface area contributed by atoms with E-state index in [-0.39, 0.29) is 29.9 Å². The number of nitrogens with zero attached hydrogens (tertiary/aromatic N) is 6. The summed E-state index contributed by atoms with van der Waals surface area (Å²) in [5.74, 6) is 0.155. The predicted molar refractivity (Wildman–Crippen MR) is 159 cm³/mol. The van der Waals surface area contributed by atoms with Gasteiger partial charge >= 0.3 is 6.36 Å². The molecule has 0 bridgehead atoms. The number of ether oxygens (including phenoxy) is 2. The zero-order valence-corrected chi connectivity index (χ0v) is 24.9. The summed E-state index contributed by atoms with van der Waals surface area (Å²) in [6, 6.07) is 19.6. The zero-order chi connectivity index (χ0) is 31.6. The lowest BCUT2D eigenvalue weighted by Crippen LogP contribution is -2.42. The molecule has 1 saturated heterocycles.